The maximum atomic E-state index is 5.36. The molecule has 1 saturated heterocycles. The van der Waals surface area contributed by atoms with Crippen molar-refractivity contribution in [2.24, 2.45) is 0 Å². The Morgan fingerprint density at radius 3 is 2.12 bits per heavy atom. The number of nitrogens with one attached hydrogen (secondary N) is 1. The summed E-state index contributed by atoms with van der Waals surface area (Å²) in [5.41, 5.74) is 4.71. The summed E-state index contributed by atoms with van der Waals surface area (Å²) in [5.74, 6) is 1.68. The van der Waals surface area contributed by atoms with Crippen LogP contribution in [0.15, 0.2) is 18.2 Å². The van der Waals surface area contributed by atoms with Crippen molar-refractivity contribution in [3.8, 4) is 11.5 Å². The molecule has 130 valence electrons. The minimum Gasteiger partial charge on any atom is -0.497 e. The molecule has 0 spiro atoms. The first-order valence-electron chi connectivity index (χ1n) is 8.31. The predicted octanol–water partition coefficient (Wildman–Crippen LogP) is 2.37. The lowest BCUT2D eigenvalue weighted by atomic mass is 10.1. The number of aryl methyl sites for hydroxylation is 2. The van der Waals surface area contributed by atoms with Gasteiger partial charge < -0.3 is 14.4 Å². The molecular formula is C18H26N4O2. The number of ether oxygens (including phenoxy) is 2. The lowest BCUT2D eigenvalue weighted by Crippen LogP contribution is -2.46. The molecular weight excluding hydrogens is 304 g/mol. The van der Waals surface area contributed by atoms with E-state index in [0.717, 1.165) is 55.6 Å². The van der Waals surface area contributed by atoms with Crippen LogP contribution < -0.4 is 14.4 Å². The second-order valence-electron chi connectivity index (χ2n) is 6.27. The molecule has 0 unspecified atom stereocenters. The van der Waals surface area contributed by atoms with Crippen molar-refractivity contribution in [3.05, 3.63) is 35.2 Å². The van der Waals surface area contributed by atoms with Crippen LogP contribution in [0.25, 0.3) is 0 Å². The van der Waals surface area contributed by atoms with Crippen molar-refractivity contribution in [3.63, 3.8) is 0 Å². The third-order valence-electron chi connectivity index (χ3n) is 4.60. The van der Waals surface area contributed by atoms with Crippen LogP contribution in [-0.4, -0.2) is 55.5 Å². The lowest BCUT2D eigenvalue weighted by Gasteiger charge is -2.36. The fourth-order valence-electron chi connectivity index (χ4n) is 3.36. The number of aromatic nitrogens is 2. The van der Waals surface area contributed by atoms with Crippen LogP contribution in [0, 0.1) is 13.8 Å². The van der Waals surface area contributed by atoms with E-state index in [1.165, 1.54) is 11.3 Å². The van der Waals surface area contributed by atoms with Gasteiger partial charge in [-0.1, -0.05) is 0 Å². The summed E-state index contributed by atoms with van der Waals surface area (Å²) in [6.45, 7) is 9.15. The molecule has 0 radical (unpaired) electrons. The number of piperazine rings is 1. The van der Waals surface area contributed by atoms with E-state index < -0.39 is 0 Å². The fraction of sp³-hybridized carbons (Fsp3) is 0.500. The Morgan fingerprint density at radius 2 is 1.62 bits per heavy atom. The van der Waals surface area contributed by atoms with Gasteiger partial charge in [0.1, 0.15) is 11.5 Å². The molecule has 0 aliphatic carbocycles. The van der Waals surface area contributed by atoms with Gasteiger partial charge in [0.05, 0.1) is 31.3 Å². The predicted molar refractivity (Wildman–Crippen MR) is 95.1 cm³/mol. The molecule has 1 aromatic carbocycles. The van der Waals surface area contributed by atoms with Crippen molar-refractivity contribution in [2.75, 3.05) is 45.3 Å². The Labute approximate surface area is 143 Å². The first kappa shape index (κ1) is 16.6. The van der Waals surface area contributed by atoms with E-state index >= 15 is 0 Å². The normalized spacial score (nSPS) is 15.6. The van der Waals surface area contributed by atoms with Crippen LogP contribution in [0.3, 0.4) is 0 Å². The quantitative estimate of drug-likeness (QED) is 0.912. The molecule has 1 aliphatic heterocycles. The Morgan fingerprint density at radius 1 is 1.00 bits per heavy atom. The number of aromatic amines is 1. The molecule has 1 aliphatic rings. The zero-order valence-corrected chi connectivity index (χ0v) is 14.9. The number of nitrogens with zero attached hydrogens (tertiary/aromatic N) is 3. The van der Waals surface area contributed by atoms with Gasteiger partial charge in [0.15, 0.2) is 0 Å². The van der Waals surface area contributed by atoms with Crippen LogP contribution in [0.1, 0.15) is 17.0 Å². The highest BCUT2D eigenvalue weighted by molar-refractivity contribution is 5.54. The molecule has 1 N–H and O–H groups in total. The molecule has 0 saturated carbocycles. The van der Waals surface area contributed by atoms with Gasteiger partial charge in [-0.15, -0.1) is 0 Å². The average molecular weight is 330 g/mol. The smallest absolute Gasteiger partial charge is 0.122 e. The first-order chi connectivity index (χ1) is 11.6. The van der Waals surface area contributed by atoms with Gasteiger partial charge in [0.2, 0.25) is 0 Å². The van der Waals surface area contributed by atoms with Crippen LogP contribution in [0.4, 0.5) is 5.69 Å². The highest BCUT2D eigenvalue weighted by Gasteiger charge is 2.21. The summed E-state index contributed by atoms with van der Waals surface area (Å²) in [4.78, 5) is 4.90. The third-order valence-corrected chi connectivity index (χ3v) is 4.60. The maximum absolute atomic E-state index is 5.36. The molecule has 2 aromatic rings. The number of hydrogen-bond acceptors (Lipinski definition) is 5. The molecule has 24 heavy (non-hydrogen) atoms. The van der Waals surface area contributed by atoms with Gasteiger partial charge in [-0.3, -0.25) is 10.00 Å². The molecule has 6 heteroatoms. The maximum Gasteiger partial charge on any atom is 0.122 e. The Bertz CT molecular complexity index is 649. The van der Waals surface area contributed by atoms with E-state index in [2.05, 4.69) is 46.0 Å². The number of methoxy groups -OCH3 is 2. The monoisotopic (exact) mass is 330 g/mol. The van der Waals surface area contributed by atoms with E-state index in [-0.39, 0.29) is 0 Å². The van der Waals surface area contributed by atoms with Crippen molar-refractivity contribution < 1.29 is 9.47 Å². The number of rotatable bonds is 5. The molecule has 1 fully saturated rings. The van der Waals surface area contributed by atoms with Crippen molar-refractivity contribution in [1.82, 2.24) is 15.1 Å². The molecule has 0 bridgehead atoms. The second-order valence-corrected chi connectivity index (χ2v) is 6.27. The SMILES string of the molecule is COc1cc(CN2CCN(c3c(C)n[nH]c3C)CC2)cc(OC)c1. The van der Waals surface area contributed by atoms with Gasteiger partial charge in [0.25, 0.3) is 0 Å². The minimum atomic E-state index is 0.840. The van der Waals surface area contributed by atoms with Crippen molar-refractivity contribution in [2.45, 2.75) is 20.4 Å². The third kappa shape index (κ3) is 3.48. The van der Waals surface area contributed by atoms with E-state index in [1.54, 1.807) is 14.2 Å². The number of H-pyrrole nitrogens is 1. The molecule has 0 amide bonds. The van der Waals surface area contributed by atoms with Gasteiger partial charge in [-0.2, -0.15) is 5.10 Å². The van der Waals surface area contributed by atoms with Crippen molar-refractivity contribution in [1.29, 1.82) is 0 Å². The Hall–Kier alpha value is -2.21. The highest BCUT2D eigenvalue weighted by Crippen LogP contribution is 2.26. The van der Waals surface area contributed by atoms with E-state index in [9.17, 15) is 0 Å². The largest absolute Gasteiger partial charge is 0.497 e. The van der Waals surface area contributed by atoms with E-state index in [4.69, 9.17) is 9.47 Å². The number of benzene rings is 1. The summed E-state index contributed by atoms with van der Waals surface area (Å²) >= 11 is 0. The minimum absolute atomic E-state index is 0.840. The summed E-state index contributed by atoms with van der Waals surface area (Å²) in [5, 5.41) is 7.39. The van der Waals surface area contributed by atoms with Gasteiger partial charge >= 0.3 is 0 Å². The summed E-state index contributed by atoms with van der Waals surface area (Å²) < 4.78 is 10.7. The molecule has 2 heterocycles. The molecule has 3 rings (SSSR count). The topological polar surface area (TPSA) is 53.6 Å². The highest BCUT2D eigenvalue weighted by atomic mass is 16.5. The second kappa shape index (κ2) is 7.13. The zero-order chi connectivity index (χ0) is 17.1. The lowest BCUT2D eigenvalue weighted by molar-refractivity contribution is 0.249. The van der Waals surface area contributed by atoms with Gasteiger partial charge in [-0.25, -0.2) is 0 Å². The van der Waals surface area contributed by atoms with Crippen LogP contribution in [-0.2, 0) is 6.54 Å². The van der Waals surface area contributed by atoms with Crippen LogP contribution in [0.2, 0.25) is 0 Å². The Kier molecular flexibility index (Phi) is 4.94. The zero-order valence-electron chi connectivity index (χ0n) is 14.9. The van der Waals surface area contributed by atoms with Gasteiger partial charge in [-0.05, 0) is 31.5 Å². The molecule has 6 nitrogen and oxygen atoms in total. The first-order valence-corrected chi connectivity index (χ1v) is 8.31. The standard InChI is InChI=1S/C18H26N4O2/c1-13-18(14(2)20-19-13)22-7-5-21(6-8-22)12-15-9-16(23-3)11-17(10-15)24-4/h9-11H,5-8,12H2,1-4H3,(H,19,20). The summed E-state index contributed by atoms with van der Waals surface area (Å²) in [6, 6.07) is 6.07. The molecule has 1 aromatic heterocycles. The summed E-state index contributed by atoms with van der Waals surface area (Å²) in [7, 11) is 3.37. The van der Waals surface area contributed by atoms with E-state index in [0.29, 0.717) is 0 Å². The van der Waals surface area contributed by atoms with Crippen molar-refractivity contribution >= 4 is 5.69 Å². The van der Waals surface area contributed by atoms with E-state index in [1.807, 2.05) is 6.07 Å². The van der Waals surface area contributed by atoms with Crippen LogP contribution >= 0.6 is 0 Å². The summed E-state index contributed by atoms with van der Waals surface area (Å²) in [6.07, 6.45) is 0. The Balaban J connectivity index is 1.63. The number of hydrogen-bond donors (Lipinski definition) is 1. The fourth-order valence-corrected chi connectivity index (χ4v) is 3.36. The number of anilines is 1. The average Bonchev–Trinajstić information content (AvgIpc) is 2.94. The van der Waals surface area contributed by atoms with Crippen LogP contribution in [0.5, 0.6) is 11.5 Å². The van der Waals surface area contributed by atoms with Gasteiger partial charge in [0, 0.05) is 38.8 Å². The molecule has 0 atom stereocenters.